The summed E-state index contributed by atoms with van der Waals surface area (Å²) in [5, 5.41) is 7.31. The molecule has 3 aromatic rings. The van der Waals surface area contributed by atoms with Crippen LogP contribution in [0.1, 0.15) is 20.3 Å². The summed E-state index contributed by atoms with van der Waals surface area (Å²) in [6.45, 7) is 11.5. The molecular weight excluding hydrogens is 502 g/mol. The summed E-state index contributed by atoms with van der Waals surface area (Å²) >= 11 is 6.00. The number of hydrogen-bond acceptors (Lipinski definition) is 10. The number of aromatic nitrogens is 4. The number of hydrogen-bond donors (Lipinski definition) is 3. The molecule has 0 unspecified atom stereocenters. The van der Waals surface area contributed by atoms with Crippen LogP contribution in [0.15, 0.2) is 46.7 Å². The van der Waals surface area contributed by atoms with E-state index in [4.69, 9.17) is 21.6 Å². The molecule has 12 heteroatoms. The highest BCUT2D eigenvalue weighted by atomic mass is 35.5. The molecule has 1 saturated heterocycles. The number of benzene rings is 1. The summed E-state index contributed by atoms with van der Waals surface area (Å²) in [4.78, 5) is 25.0. The van der Waals surface area contributed by atoms with Crippen LogP contribution in [0.25, 0.3) is 11.2 Å². The van der Waals surface area contributed by atoms with E-state index in [2.05, 4.69) is 68.9 Å². The highest BCUT2D eigenvalue weighted by Crippen LogP contribution is 2.24. The zero-order valence-electron chi connectivity index (χ0n) is 22.2. The first-order chi connectivity index (χ1) is 18.4. The third-order valence-corrected chi connectivity index (χ3v) is 6.77. The fourth-order valence-corrected chi connectivity index (χ4v) is 4.54. The van der Waals surface area contributed by atoms with Crippen molar-refractivity contribution >= 4 is 52.4 Å². The Morgan fingerprint density at radius 2 is 1.79 bits per heavy atom. The molecule has 0 bridgehead atoms. The SMILES string of the molecule is CC(C)Nn1c(N2C=NC(Cl)=CC2)nc2cnc(Nc3ccc(NCCCN4CCN(C)CC4)cc3)nc21. The summed E-state index contributed by atoms with van der Waals surface area (Å²) in [5.74, 6) is 1.17. The first kappa shape index (κ1) is 26.2. The first-order valence-corrected chi connectivity index (χ1v) is 13.5. The molecule has 3 N–H and O–H groups in total. The topological polar surface area (TPSA) is 102 Å². The van der Waals surface area contributed by atoms with Crippen LogP contribution in [0.5, 0.6) is 0 Å². The summed E-state index contributed by atoms with van der Waals surface area (Å²) in [7, 11) is 2.19. The predicted octanol–water partition coefficient (Wildman–Crippen LogP) is 3.50. The highest BCUT2D eigenvalue weighted by Gasteiger charge is 2.20. The van der Waals surface area contributed by atoms with E-state index in [9.17, 15) is 0 Å². The summed E-state index contributed by atoms with van der Waals surface area (Å²) in [6, 6.07) is 8.39. The number of aliphatic imine (C=N–C) groups is 1. The van der Waals surface area contributed by atoms with Crippen LogP contribution in [0.3, 0.4) is 0 Å². The van der Waals surface area contributed by atoms with E-state index in [-0.39, 0.29) is 6.04 Å². The Morgan fingerprint density at radius 3 is 2.50 bits per heavy atom. The minimum absolute atomic E-state index is 0.167. The van der Waals surface area contributed by atoms with E-state index in [1.54, 1.807) is 12.5 Å². The van der Waals surface area contributed by atoms with Crippen molar-refractivity contribution < 1.29 is 0 Å². The second-order valence-corrected chi connectivity index (χ2v) is 10.4. The minimum Gasteiger partial charge on any atom is -0.385 e. The second kappa shape index (κ2) is 12.0. The van der Waals surface area contributed by atoms with E-state index >= 15 is 0 Å². The lowest BCUT2D eigenvalue weighted by Crippen LogP contribution is -2.44. The van der Waals surface area contributed by atoms with Gasteiger partial charge < -0.3 is 25.9 Å². The van der Waals surface area contributed by atoms with Crippen LogP contribution >= 0.6 is 11.6 Å². The van der Waals surface area contributed by atoms with Gasteiger partial charge in [-0.3, -0.25) is 4.90 Å². The molecule has 11 nitrogen and oxygen atoms in total. The van der Waals surface area contributed by atoms with E-state index in [1.807, 2.05) is 27.8 Å². The Morgan fingerprint density at radius 1 is 1.03 bits per heavy atom. The monoisotopic (exact) mass is 537 g/mol. The number of halogens is 1. The molecule has 1 aromatic carbocycles. The van der Waals surface area contributed by atoms with Crippen molar-refractivity contribution in [3.63, 3.8) is 0 Å². The van der Waals surface area contributed by atoms with Crippen molar-refractivity contribution in [1.82, 2.24) is 29.4 Å². The van der Waals surface area contributed by atoms with Gasteiger partial charge in [-0.25, -0.2) is 19.6 Å². The van der Waals surface area contributed by atoms with Gasteiger partial charge in [0, 0.05) is 56.7 Å². The predicted molar refractivity (Wildman–Crippen MR) is 156 cm³/mol. The molecule has 0 atom stereocenters. The largest absolute Gasteiger partial charge is 0.385 e. The molecule has 2 aromatic heterocycles. The minimum atomic E-state index is 0.167. The Labute approximate surface area is 228 Å². The van der Waals surface area contributed by atoms with Gasteiger partial charge in [-0.15, -0.1) is 0 Å². The van der Waals surface area contributed by atoms with Crippen LogP contribution in [-0.4, -0.2) is 94.7 Å². The maximum atomic E-state index is 6.00. The van der Waals surface area contributed by atoms with Gasteiger partial charge in [-0.05, 0) is 64.2 Å². The van der Waals surface area contributed by atoms with Crippen LogP contribution in [-0.2, 0) is 0 Å². The molecule has 0 saturated carbocycles. The first-order valence-electron chi connectivity index (χ1n) is 13.1. The molecule has 0 spiro atoms. The molecule has 0 aliphatic carbocycles. The molecule has 5 rings (SSSR count). The summed E-state index contributed by atoms with van der Waals surface area (Å²) in [6.07, 6.45) is 6.37. The zero-order chi connectivity index (χ0) is 26.5. The molecule has 1 fully saturated rings. The fourth-order valence-electron chi connectivity index (χ4n) is 4.43. The number of likely N-dealkylation sites (N-methyl/N-ethyl adjacent to an activating group) is 1. The van der Waals surface area contributed by atoms with Gasteiger partial charge >= 0.3 is 0 Å². The highest BCUT2D eigenvalue weighted by molar-refractivity contribution is 6.30. The molecule has 202 valence electrons. The number of piperazine rings is 1. The molecule has 38 heavy (non-hydrogen) atoms. The van der Waals surface area contributed by atoms with Gasteiger partial charge in [0.2, 0.25) is 11.9 Å². The van der Waals surface area contributed by atoms with Crippen molar-refractivity contribution in [3.8, 4) is 0 Å². The van der Waals surface area contributed by atoms with Gasteiger partial charge in [0.15, 0.2) is 5.65 Å². The van der Waals surface area contributed by atoms with E-state index in [1.165, 1.54) is 13.1 Å². The number of nitrogens with zero attached hydrogens (tertiary/aromatic N) is 8. The molecule has 0 radical (unpaired) electrons. The van der Waals surface area contributed by atoms with Gasteiger partial charge in [-0.1, -0.05) is 11.6 Å². The number of nitrogens with one attached hydrogen (secondary N) is 3. The summed E-state index contributed by atoms with van der Waals surface area (Å²) in [5.41, 5.74) is 6.80. The number of anilines is 4. The van der Waals surface area contributed by atoms with E-state index < -0.39 is 0 Å². The van der Waals surface area contributed by atoms with Crippen LogP contribution < -0.4 is 21.0 Å². The van der Waals surface area contributed by atoms with Gasteiger partial charge in [0.05, 0.1) is 12.5 Å². The average molecular weight is 538 g/mol. The smallest absolute Gasteiger partial charge is 0.232 e. The third-order valence-electron chi connectivity index (χ3n) is 6.52. The van der Waals surface area contributed by atoms with E-state index in [0.29, 0.717) is 34.8 Å². The quantitative estimate of drug-likeness (QED) is 0.265. The van der Waals surface area contributed by atoms with Crippen molar-refractivity contribution in [2.24, 2.45) is 4.99 Å². The van der Waals surface area contributed by atoms with Crippen LogP contribution in [0, 0.1) is 0 Å². The number of imidazole rings is 1. The standard InChI is InChI=1S/C26H36ClN11/c1-19(2)34-38-24-22(32-26(38)37-12-9-23(27)30-18-37)17-29-25(33-24)31-21-7-5-20(6-8-21)28-10-4-11-36-15-13-35(3)14-16-36/h5-9,17-19,28,34H,4,10-16H2,1-3H3,(H,29,31,33). The maximum Gasteiger partial charge on any atom is 0.232 e. The average Bonchev–Trinajstić information content (AvgIpc) is 3.26. The number of fused-ring (bicyclic) bond motifs is 1. The Balaban J connectivity index is 1.21. The third kappa shape index (κ3) is 6.53. The Kier molecular flexibility index (Phi) is 8.26. The summed E-state index contributed by atoms with van der Waals surface area (Å²) < 4.78 is 1.88. The van der Waals surface area contributed by atoms with Crippen LogP contribution in [0.2, 0.25) is 0 Å². The lowest BCUT2D eigenvalue weighted by molar-refractivity contribution is 0.154. The fraction of sp³-hybridized carbons (Fsp3) is 0.462. The van der Waals surface area contributed by atoms with Crippen molar-refractivity contribution in [3.05, 3.63) is 41.7 Å². The molecule has 4 heterocycles. The normalized spacial score (nSPS) is 16.8. The zero-order valence-corrected chi connectivity index (χ0v) is 23.0. The van der Waals surface area contributed by atoms with Gasteiger partial charge in [0.1, 0.15) is 10.7 Å². The van der Waals surface area contributed by atoms with Gasteiger partial charge in [-0.2, -0.15) is 4.98 Å². The lowest BCUT2D eigenvalue weighted by atomic mass is 10.2. The molecule has 0 amide bonds. The Hall–Kier alpha value is -3.41. The second-order valence-electron chi connectivity index (χ2n) is 9.98. The van der Waals surface area contributed by atoms with Crippen LogP contribution in [0.4, 0.5) is 23.3 Å². The van der Waals surface area contributed by atoms with Crippen molar-refractivity contribution in [1.29, 1.82) is 0 Å². The lowest BCUT2D eigenvalue weighted by Gasteiger charge is -2.32. The van der Waals surface area contributed by atoms with Crippen molar-refractivity contribution in [2.45, 2.75) is 26.3 Å². The maximum absolute atomic E-state index is 6.00. The van der Waals surface area contributed by atoms with Gasteiger partial charge in [0.25, 0.3) is 0 Å². The molecule has 2 aliphatic rings. The van der Waals surface area contributed by atoms with Crippen molar-refractivity contribution in [2.75, 3.05) is 73.8 Å². The van der Waals surface area contributed by atoms with E-state index in [0.717, 1.165) is 44.0 Å². The number of rotatable bonds is 10. The molecular formula is C26H36ClN11. The molecule has 2 aliphatic heterocycles. The Bertz CT molecular complexity index is 1280.